The molecule has 0 aliphatic rings. The fourth-order valence-electron chi connectivity index (χ4n) is 1.15. The Bertz CT molecular complexity index is 432. The van der Waals surface area contributed by atoms with Crippen LogP contribution in [0.2, 0.25) is 0 Å². The fourth-order valence-corrected chi connectivity index (χ4v) is 2.78. The van der Waals surface area contributed by atoms with Crippen molar-refractivity contribution in [2.24, 2.45) is 0 Å². The van der Waals surface area contributed by atoms with Crippen molar-refractivity contribution in [1.82, 2.24) is 0 Å². The van der Waals surface area contributed by atoms with Gasteiger partial charge in [-0.3, -0.25) is 4.79 Å². The average molecular weight is 392 g/mol. The van der Waals surface area contributed by atoms with Crippen molar-refractivity contribution < 1.29 is 18.0 Å². The van der Waals surface area contributed by atoms with Crippen LogP contribution in [0.1, 0.15) is 17.3 Å². The first-order chi connectivity index (χ1) is 7.72. The number of alkyl halides is 4. The Kier molecular flexibility index (Phi) is 5.09. The van der Waals surface area contributed by atoms with Gasteiger partial charge in [0.2, 0.25) is 0 Å². The van der Waals surface area contributed by atoms with E-state index in [0.29, 0.717) is 4.47 Å². The van der Waals surface area contributed by atoms with E-state index in [2.05, 4.69) is 31.9 Å². The van der Waals surface area contributed by atoms with Crippen LogP contribution in [0, 0.1) is 0 Å². The number of Topliss-reactive ketones (excluding diaryl/α,β-unsaturated/α-hetero) is 1. The number of rotatable bonds is 3. The topological polar surface area (TPSA) is 17.1 Å². The molecule has 0 saturated carbocycles. The zero-order valence-electron chi connectivity index (χ0n) is 8.52. The molecule has 0 spiro atoms. The van der Waals surface area contributed by atoms with E-state index in [1.165, 1.54) is 12.1 Å². The van der Waals surface area contributed by atoms with Crippen molar-refractivity contribution in [2.75, 3.05) is 0 Å². The summed E-state index contributed by atoms with van der Waals surface area (Å²) in [6, 6.07) is 4.29. The van der Waals surface area contributed by atoms with Gasteiger partial charge in [0, 0.05) is 14.9 Å². The number of hydrogen-bond donors (Lipinski definition) is 0. The minimum Gasteiger partial charge on any atom is -0.293 e. The molecule has 0 radical (unpaired) electrons. The van der Waals surface area contributed by atoms with Gasteiger partial charge in [0.25, 0.3) is 0 Å². The highest BCUT2D eigenvalue weighted by Gasteiger charge is 2.32. The first-order valence-corrected chi connectivity index (χ1v) is 6.97. The number of carbonyl (C=O) groups is 1. The van der Waals surface area contributed by atoms with Gasteiger partial charge < -0.3 is 0 Å². The van der Waals surface area contributed by atoms with Crippen LogP contribution < -0.4 is 0 Å². The van der Waals surface area contributed by atoms with E-state index in [1.54, 1.807) is 13.0 Å². The van der Waals surface area contributed by atoms with Crippen LogP contribution in [-0.4, -0.2) is 16.1 Å². The largest absolute Gasteiger partial charge is 0.446 e. The number of hydrogen-bond acceptors (Lipinski definition) is 2. The zero-order chi connectivity index (χ0) is 13.2. The van der Waals surface area contributed by atoms with E-state index in [0.717, 1.165) is 0 Å². The van der Waals surface area contributed by atoms with Gasteiger partial charge in [-0.1, -0.05) is 37.9 Å². The lowest BCUT2D eigenvalue weighted by molar-refractivity contribution is -0.0328. The first kappa shape index (κ1) is 15.0. The quantitative estimate of drug-likeness (QED) is 0.408. The molecular formula is C10H7Br2F3OS. The summed E-state index contributed by atoms with van der Waals surface area (Å²) in [6.07, 6.45) is 0. The van der Waals surface area contributed by atoms with Crippen LogP contribution in [0.25, 0.3) is 0 Å². The summed E-state index contributed by atoms with van der Waals surface area (Å²) in [6.45, 7) is 1.57. The Balaban J connectivity index is 3.22. The SMILES string of the molecule is CC(Br)C(=O)c1c(Br)cccc1SC(F)(F)F. The lowest BCUT2D eigenvalue weighted by Crippen LogP contribution is -2.13. The third-order valence-electron chi connectivity index (χ3n) is 1.81. The predicted molar refractivity (Wildman–Crippen MR) is 68.8 cm³/mol. The normalized spacial score (nSPS) is 13.5. The van der Waals surface area contributed by atoms with Gasteiger partial charge in [0.1, 0.15) is 0 Å². The molecule has 94 valence electrons. The summed E-state index contributed by atoms with van der Waals surface area (Å²) in [5.41, 5.74) is -4.36. The Morgan fingerprint density at radius 3 is 2.47 bits per heavy atom. The van der Waals surface area contributed by atoms with Crippen molar-refractivity contribution >= 4 is 49.4 Å². The average Bonchev–Trinajstić information content (AvgIpc) is 2.14. The molecule has 0 heterocycles. The third-order valence-corrected chi connectivity index (χ3v) is 3.68. The molecular weight excluding hydrogens is 385 g/mol. The summed E-state index contributed by atoms with van der Waals surface area (Å²) < 4.78 is 37.4. The summed E-state index contributed by atoms with van der Waals surface area (Å²) in [4.78, 5) is 11.2. The van der Waals surface area contributed by atoms with E-state index in [9.17, 15) is 18.0 Å². The van der Waals surface area contributed by atoms with Crippen LogP contribution in [0.5, 0.6) is 0 Å². The summed E-state index contributed by atoms with van der Waals surface area (Å²) in [7, 11) is 0. The second kappa shape index (κ2) is 5.75. The molecule has 7 heteroatoms. The molecule has 0 aliphatic heterocycles. The number of thioether (sulfide) groups is 1. The Labute approximate surface area is 117 Å². The Morgan fingerprint density at radius 2 is 2.00 bits per heavy atom. The summed E-state index contributed by atoms with van der Waals surface area (Å²) in [5, 5.41) is 0. The van der Waals surface area contributed by atoms with Gasteiger partial charge >= 0.3 is 5.51 Å². The summed E-state index contributed by atoms with van der Waals surface area (Å²) in [5.74, 6) is -0.385. The molecule has 0 bridgehead atoms. The van der Waals surface area contributed by atoms with Crippen LogP contribution >= 0.6 is 43.6 Å². The third kappa shape index (κ3) is 4.30. The molecule has 0 saturated heterocycles. The molecule has 1 aromatic carbocycles. The number of benzene rings is 1. The molecule has 0 aliphatic carbocycles. The zero-order valence-corrected chi connectivity index (χ0v) is 12.5. The smallest absolute Gasteiger partial charge is 0.293 e. The van der Waals surface area contributed by atoms with Crippen LogP contribution in [-0.2, 0) is 0 Å². The maximum Gasteiger partial charge on any atom is 0.446 e. The van der Waals surface area contributed by atoms with Gasteiger partial charge in [0.05, 0.1) is 4.83 Å². The minimum absolute atomic E-state index is 0.0548. The maximum atomic E-state index is 12.3. The molecule has 1 rings (SSSR count). The standard InChI is InChI=1S/C10H7Br2F3OS/c1-5(11)9(16)8-6(12)3-2-4-7(8)17-10(13,14)15/h2-5H,1H3. The van der Waals surface area contributed by atoms with E-state index in [-0.39, 0.29) is 28.0 Å². The lowest BCUT2D eigenvalue weighted by Gasteiger charge is -2.12. The second-order valence-corrected chi connectivity index (χ2v) is 6.48. The highest BCUT2D eigenvalue weighted by Crippen LogP contribution is 2.40. The van der Waals surface area contributed by atoms with Gasteiger partial charge in [-0.25, -0.2) is 0 Å². The van der Waals surface area contributed by atoms with Crippen LogP contribution in [0.4, 0.5) is 13.2 Å². The van der Waals surface area contributed by atoms with Gasteiger partial charge in [-0.05, 0) is 30.8 Å². The molecule has 0 N–H and O–H groups in total. The molecule has 0 amide bonds. The molecule has 17 heavy (non-hydrogen) atoms. The molecule has 0 fully saturated rings. The van der Waals surface area contributed by atoms with E-state index in [4.69, 9.17) is 0 Å². The number of carbonyl (C=O) groups excluding carboxylic acids is 1. The van der Waals surface area contributed by atoms with Crippen molar-refractivity contribution in [3.63, 3.8) is 0 Å². The Morgan fingerprint density at radius 1 is 1.41 bits per heavy atom. The predicted octanol–water partition coefficient (Wildman–Crippen LogP) is 5.03. The van der Waals surface area contributed by atoms with Crippen LogP contribution in [0.3, 0.4) is 0 Å². The molecule has 1 unspecified atom stereocenters. The van der Waals surface area contributed by atoms with E-state index >= 15 is 0 Å². The second-order valence-electron chi connectivity index (χ2n) is 3.14. The first-order valence-electron chi connectivity index (χ1n) is 4.45. The van der Waals surface area contributed by atoms with Crippen molar-refractivity contribution in [3.05, 3.63) is 28.2 Å². The monoisotopic (exact) mass is 390 g/mol. The van der Waals surface area contributed by atoms with Gasteiger partial charge in [0.15, 0.2) is 5.78 Å². The summed E-state index contributed by atoms with van der Waals surface area (Å²) >= 11 is 5.88. The minimum atomic E-state index is -4.41. The van der Waals surface area contributed by atoms with Gasteiger partial charge in [-0.2, -0.15) is 13.2 Å². The van der Waals surface area contributed by atoms with Crippen molar-refractivity contribution in [1.29, 1.82) is 0 Å². The number of halogens is 5. The maximum absolute atomic E-state index is 12.3. The van der Waals surface area contributed by atoms with Gasteiger partial charge in [-0.15, -0.1) is 0 Å². The molecule has 1 aromatic rings. The molecule has 0 aromatic heterocycles. The van der Waals surface area contributed by atoms with E-state index in [1.807, 2.05) is 0 Å². The van der Waals surface area contributed by atoms with Crippen molar-refractivity contribution in [3.8, 4) is 0 Å². The molecule has 1 nitrogen and oxygen atoms in total. The fraction of sp³-hybridized carbons (Fsp3) is 0.300. The molecule has 1 atom stereocenters. The number of ketones is 1. The lowest BCUT2D eigenvalue weighted by atomic mass is 10.1. The van der Waals surface area contributed by atoms with E-state index < -0.39 is 10.3 Å². The van der Waals surface area contributed by atoms with Crippen LogP contribution in [0.15, 0.2) is 27.6 Å². The van der Waals surface area contributed by atoms with Crippen molar-refractivity contribution in [2.45, 2.75) is 22.2 Å². The highest BCUT2D eigenvalue weighted by atomic mass is 79.9. The Hall–Kier alpha value is -0.0100. The highest BCUT2D eigenvalue weighted by molar-refractivity contribution is 9.10.